The number of rotatable bonds is 0. The first kappa shape index (κ1) is 10.6. The molecule has 0 amide bonds. The number of pyridine rings is 1. The second-order valence-electron chi connectivity index (χ2n) is 4.95. The lowest BCUT2D eigenvalue weighted by Crippen LogP contribution is -2.41. The maximum Gasteiger partial charge on any atom is 0.292 e. The van der Waals surface area contributed by atoms with Gasteiger partial charge in [-0.15, -0.1) is 0 Å². The molecule has 0 radical (unpaired) electrons. The lowest BCUT2D eigenvalue weighted by atomic mass is 10.00. The van der Waals surface area contributed by atoms with Crippen molar-refractivity contribution >= 4 is 10.8 Å². The molecule has 2 heterocycles. The van der Waals surface area contributed by atoms with Crippen LogP contribution >= 0.6 is 0 Å². The molecule has 0 saturated carbocycles. The van der Waals surface area contributed by atoms with Gasteiger partial charge < -0.3 is 4.74 Å². The van der Waals surface area contributed by atoms with E-state index in [0.29, 0.717) is 6.73 Å². The molecule has 0 spiro atoms. The zero-order valence-corrected chi connectivity index (χ0v) is 10.8. The Kier molecular flexibility index (Phi) is 2.12. The maximum absolute atomic E-state index is 5.89. The van der Waals surface area contributed by atoms with Gasteiger partial charge in [-0.3, -0.25) is 0 Å². The van der Waals surface area contributed by atoms with Crippen LogP contribution in [0.5, 0.6) is 5.75 Å². The van der Waals surface area contributed by atoms with E-state index in [2.05, 4.69) is 66.2 Å². The number of hydrogen-bond donors (Lipinski definition) is 0. The fourth-order valence-electron chi connectivity index (χ4n) is 2.83. The van der Waals surface area contributed by atoms with E-state index in [1.165, 1.54) is 27.6 Å². The molecule has 92 valence electrons. The van der Waals surface area contributed by atoms with Gasteiger partial charge in [0.1, 0.15) is 5.75 Å². The highest BCUT2D eigenvalue weighted by Gasteiger charge is 2.26. The quantitative estimate of drug-likeness (QED) is 0.555. The van der Waals surface area contributed by atoms with Crippen LogP contribution in [-0.2, 0) is 6.73 Å². The van der Waals surface area contributed by atoms with Gasteiger partial charge in [0.2, 0.25) is 5.69 Å². The molecule has 4 rings (SSSR count). The summed E-state index contributed by atoms with van der Waals surface area (Å²) in [6, 6.07) is 17.0. The summed E-state index contributed by atoms with van der Waals surface area (Å²) in [6.45, 7) is 2.68. The summed E-state index contributed by atoms with van der Waals surface area (Å²) in [5, 5.41) is 2.54. The molecule has 0 unspecified atom stereocenters. The van der Waals surface area contributed by atoms with Crippen LogP contribution in [0.25, 0.3) is 22.0 Å². The van der Waals surface area contributed by atoms with Crippen molar-refractivity contribution in [2.75, 3.05) is 0 Å². The summed E-state index contributed by atoms with van der Waals surface area (Å²) >= 11 is 0. The van der Waals surface area contributed by atoms with Crippen molar-refractivity contribution in [3.8, 4) is 17.0 Å². The molecular weight excluding hydrogens is 234 g/mol. The highest BCUT2D eigenvalue weighted by molar-refractivity contribution is 5.94. The minimum absolute atomic E-state index is 0.581. The summed E-state index contributed by atoms with van der Waals surface area (Å²) < 4.78 is 8.06. The molecule has 0 saturated heterocycles. The Morgan fingerprint density at radius 3 is 2.84 bits per heavy atom. The van der Waals surface area contributed by atoms with Gasteiger partial charge in [-0.2, -0.15) is 4.57 Å². The predicted octanol–water partition coefficient (Wildman–Crippen LogP) is 3.45. The smallest absolute Gasteiger partial charge is 0.292 e. The molecule has 2 aromatic carbocycles. The molecule has 0 N–H and O–H groups in total. The third-order valence-corrected chi connectivity index (χ3v) is 3.75. The summed E-state index contributed by atoms with van der Waals surface area (Å²) in [7, 11) is 0. The van der Waals surface area contributed by atoms with Gasteiger partial charge in [0.25, 0.3) is 6.73 Å². The van der Waals surface area contributed by atoms with E-state index in [4.69, 9.17) is 4.74 Å². The van der Waals surface area contributed by atoms with Crippen LogP contribution in [0.4, 0.5) is 0 Å². The molecule has 2 nitrogen and oxygen atoms in total. The molecule has 3 aromatic rings. The average Bonchev–Trinajstić information content (AvgIpc) is 2.47. The van der Waals surface area contributed by atoms with Crippen molar-refractivity contribution in [2.24, 2.45) is 0 Å². The first-order valence-electron chi connectivity index (χ1n) is 6.48. The molecular formula is C17H14NO+. The molecule has 19 heavy (non-hydrogen) atoms. The Morgan fingerprint density at radius 2 is 1.89 bits per heavy atom. The molecule has 1 aromatic heterocycles. The lowest BCUT2D eigenvalue weighted by Gasteiger charge is -2.18. The normalized spacial score (nSPS) is 12.7. The van der Waals surface area contributed by atoms with Gasteiger partial charge in [-0.1, -0.05) is 30.3 Å². The van der Waals surface area contributed by atoms with E-state index in [0.717, 1.165) is 5.75 Å². The summed E-state index contributed by atoms with van der Waals surface area (Å²) in [5.74, 6) is 1.01. The highest BCUT2D eigenvalue weighted by Crippen LogP contribution is 2.36. The average molecular weight is 248 g/mol. The number of para-hydroxylation sites is 1. The van der Waals surface area contributed by atoms with Crippen LogP contribution < -0.4 is 9.30 Å². The topological polar surface area (TPSA) is 13.1 Å². The van der Waals surface area contributed by atoms with Crippen LogP contribution in [0.2, 0.25) is 0 Å². The highest BCUT2D eigenvalue weighted by atomic mass is 16.5. The van der Waals surface area contributed by atoms with Crippen LogP contribution in [0.1, 0.15) is 5.56 Å². The van der Waals surface area contributed by atoms with Crippen LogP contribution in [0, 0.1) is 6.92 Å². The second kappa shape index (κ2) is 3.82. The third-order valence-electron chi connectivity index (χ3n) is 3.75. The van der Waals surface area contributed by atoms with E-state index in [1.807, 2.05) is 0 Å². The van der Waals surface area contributed by atoms with Gasteiger partial charge in [-0.05, 0) is 30.0 Å². The number of benzene rings is 2. The van der Waals surface area contributed by atoms with Crippen LogP contribution in [0.15, 0.2) is 54.7 Å². The fraction of sp³-hybridized carbons (Fsp3) is 0.118. The first-order valence-corrected chi connectivity index (χ1v) is 6.48. The predicted molar refractivity (Wildman–Crippen MR) is 74.9 cm³/mol. The van der Waals surface area contributed by atoms with E-state index in [1.54, 1.807) is 0 Å². The molecule has 0 aliphatic carbocycles. The molecule has 2 heteroatoms. The number of hydrogen-bond acceptors (Lipinski definition) is 1. The SMILES string of the molecule is Cc1cccc2c1OC[n+]1ccc3ccccc3c1-2. The summed E-state index contributed by atoms with van der Waals surface area (Å²) in [5.41, 5.74) is 3.63. The first-order chi connectivity index (χ1) is 9.34. The summed E-state index contributed by atoms with van der Waals surface area (Å²) in [4.78, 5) is 0. The van der Waals surface area contributed by atoms with Crippen molar-refractivity contribution < 1.29 is 9.30 Å². The van der Waals surface area contributed by atoms with Crippen molar-refractivity contribution in [1.29, 1.82) is 0 Å². The number of ether oxygens (including phenoxy) is 1. The Bertz CT molecular complexity index is 792. The maximum atomic E-state index is 5.89. The number of nitrogens with zero attached hydrogens (tertiary/aromatic N) is 1. The number of fused-ring (bicyclic) bond motifs is 5. The fourth-order valence-corrected chi connectivity index (χ4v) is 2.83. The zero-order valence-electron chi connectivity index (χ0n) is 10.8. The van der Waals surface area contributed by atoms with E-state index in [-0.39, 0.29) is 0 Å². The Hall–Kier alpha value is -2.35. The third kappa shape index (κ3) is 1.46. The minimum Gasteiger partial charge on any atom is -0.435 e. The largest absolute Gasteiger partial charge is 0.435 e. The number of aryl methyl sites for hydroxylation is 1. The van der Waals surface area contributed by atoms with Gasteiger partial charge in [0, 0.05) is 6.07 Å². The monoisotopic (exact) mass is 248 g/mol. The van der Waals surface area contributed by atoms with Gasteiger partial charge in [-0.25, -0.2) is 0 Å². The second-order valence-corrected chi connectivity index (χ2v) is 4.95. The Labute approximate surface area is 111 Å². The summed E-state index contributed by atoms with van der Waals surface area (Å²) in [6.07, 6.45) is 2.10. The van der Waals surface area contributed by atoms with E-state index in [9.17, 15) is 0 Å². The molecule has 0 fully saturated rings. The molecule has 1 aliphatic rings. The minimum atomic E-state index is 0.581. The molecule has 0 bridgehead atoms. The van der Waals surface area contributed by atoms with Gasteiger partial charge in [0.15, 0.2) is 6.20 Å². The molecule has 0 atom stereocenters. The lowest BCUT2D eigenvalue weighted by molar-refractivity contribution is -0.716. The zero-order chi connectivity index (χ0) is 12.8. The van der Waals surface area contributed by atoms with Crippen LogP contribution in [-0.4, -0.2) is 0 Å². The van der Waals surface area contributed by atoms with E-state index < -0.39 is 0 Å². The Balaban J connectivity index is 2.15. The van der Waals surface area contributed by atoms with E-state index >= 15 is 0 Å². The van der Waals surface area contributed by atoms with Crippen LogP contribution in [0.3, 0.4) is 0 Å². The molecule has 1 aliphatic heterocycles. The van der Waals surface area contributed by atoms with Crippen molar-refractivity contribution in [1.82, 2.24) is 0 Å². The standard InChI is InChI=1S/C17H14NO/c1-12-5-4-8-15-16-14-7-3-2-6-13(14)9-10-18(16)11-19-17(12)15/h2-10H,11H2,1H3/q+1. The number of aromatic nitrogens is 1. The Morgan fingerprint density at radius 1 is 1.00 bits per heavy atom. The van der Waals surface area contributed by atoms with Crippen molar-refractivity contribution in [3.63, 3.8) is 0 Å². The van der Waals surface area contributed by atoms with Crippen molar-refractivity contribution in [2.45, 2.75) is 13.7 Å². The van der Waals surface area contributed by atoms with Gasteiger partial charge >= 0.3 is 0 Å². The van der Waals surface area contributed by atoms with Gasteiger partial charge in [0.05, 0.1) is 10.9 Å². The van der Waals surface area contributed by atoms with Crippen molar-refractivity contribution in [3.05, 3.63) is 60.3 Å².